The molecule has 0 saturated heterocycles. The van der Waals surface area contributed by atoms with Gasteiger partial charge in [0.1, 0.15) is 0 Å². The Labute approximate surface area is 97.6 Å². The molecule has 84 valence electrons. The number of aldehydes is 1. The van der Waals surface area contributed by atoms with Crippen molar-refractivity contribution in [3.8, 4) is 11.5 Å². The van der Waals surface area contributed by atoms with E-state index in [9.17, 15) is 4.79 Å². The number of methoxy groups -OCH3 is 2. The molecule has 2 rings (SSSR count). The maximum atomic E-state index is 10.9. The highest BCUT2D eigenvalue weighted by molar-refractivity contribution is 7.21. The number of aryl methyl sites for hydroxylation is 1. The van der Waals surface area contributed by atoms with E-state index < -0.39 is 0 Å². The van der Waals surface area contributed by atoms with E-state index in [4.69, 9.17) is 9.47 Å². The molecule has 16 heavy (non-hydrogen) atoms. The number of carbonyl (C=O) groups excluding carboxylic acids is 1. The number of fused-ring (bicyclic) bond motifs is 1. The summed E-state index contributed by atoms with van der Waals surface area (Å²) in [6, 6.07) is 3.81. The molecule has 0 fully saturated rings. The molecule has 0 aliphatic heterocycles. The third-order valence-electron chi connectivity index (χ3n) is 2.59. The summed E-state index contributed by atoms with van der Waals surface area (Å²) in [5, 5.41) is 1.05. The quantitative estimate of drug-likeness (QED) is 0.768. The molecule has 0 unspecified atom stereocenters. The van der Waals surface area contributed by atoms with Crippen LogP contribution in [0.3, 0.4) is 0 Å². The highest BCUT2D eigenvalue weighted by Crippen LogP contribution is 2.41. The van der Waals surface area contributed by atoms with E-state index in [2.05, 4.69) is 0 Å². The first-order chi connectivity index (χ1) is 7.72. The van der Waals surface area contributed by atoms with Crippen LogP contribution < -0.4 is 9.47 Å². The third-order valence-corrected chi connectivity index (χ3v) is 3.82. The molecule has 0 aliphatic rings. The fourth-order valence-electron chi connectivity index (χ4n) is 1.73. The van der Waals surface area contributed by atoms with Gasteiger partial charge in [0.15, 0.2) is 17.8 Å². The van der Waals surface area contributed by atoms with Gasteiger partial charge in [-0.3, -0.25) is 4.79 Å². The Bertz CT molecular complexity index is 543. The summed E-state index contributed by atoms with van der Waals surface area (Å²) in [7, 11) is 3.21. The van der Waals surface area contributed by atoms with Crippen molar-refractivity contribution >= 4 is 27.7 Å². The zero-order valence-electron chi connectivity index (χ0n) is 9.37. The van der Waals surface area contributed by atoms with Gasteiger partial charge in [0.05, 0.1) is 23.8 Å². The van der Waals surface area contributed by atoms with Gasteiger partial charge >= 0.3 is 0 Å². The van der Waals surface area contributed by atoms with E-state index in [0.717, 1.165) is 26.8 Å². The van der Waals surface area contributed by atoms with Gasteiger partial charge in [-0.15, -0.1) is 11.3 Å². The van der Waals surface area contributed by atoms with E-state index in [1.54, 1.807) is 14.2 Å². The Morgan fingerprint density at radius 1 is 1.25 bits per heavy atom. The van der Waals surface area contributed by atoms with E-state index >= 15 is 0 Å². The number of ether oxygens (including phenoxy) is 2. The van der Waals surface area contributed by atoms with Gasteiger partial charge in [-0.25, -0.2) is 0 Å². The average Bonchev–Trinajstić information content (AvgIpc) is 2.65. The number of hydrogen-bond acceptors (Lipinski definition) is 4. The van der Waals surface area contributed by atoms with Crippen molar-refractivity contribution in [3.63, 3.8) is 0 Å². The number of thiophene rings is 1. The highest BCUT2D eigenvalue weighted by Gasteiger charge is 2.15. The molecule has 3 nitrogen and oxygen atoms in total. The van der Waals surface area contributed by atoms with Crippen LogP contribution in [0.25, 0.3) is 10.1 Å². The number of hydrogen-bond donors (Lipinski definition) is 0. The van der Waals surface area contributed by atoms with Crippen LogP contribution in [0.15, 0.2) is 12.1 Å². The standard InChI is InChI=1S/C12H12O3S/c1-7-8-4-5-9(14-2)11(15-3)12(8)16-10(7)6-13/h4-6H,1-3H3. The van der Waals surface area contributed by atoms with E-state index in [1.165, 1.54) is 11.3 Å². The molecule has 0 atom stereocenters. The Morgan fingerprint density at radius 2 is 2.00 bits per heavy atom. The number of carbonyl (C=O) groups is 1. The lowest BCUT2D eigenvalue weighted by Gasteiger charge is -2.07. The zero-order valence-corrected chi connectivity index (χ0v) is 10.2. The normalized spacial score (nSPS) is 10.4. The van der Waals surface area contributed by atoms with Crippen molar-refractivity contribution in [3.05, 3.63) is 22.6 Å². The molecule has 1 aromatic carbocycles. The first-order valence-electron chi connectivity index (χ1n) is 4.82. The second-order valence-corrected chi connectivity index (χ2v) is 4.44. The molecule has 0 saturated carbocycles. The summed E-state index contributed by atoms with van der Waals surface area (Å²) in [6.07, 6.45) is 0.881. The maximum Gasteiger partial charge on any atom is 0.178 e. The van der Waals surface area contributed by atoms with Crippen molar-refractivity contribution in [2.75, 3.05) is 14.2 Å². The molecule has 0 bridgehead atoms. The van der Waals surface area contributed by atoms with Gasteiger partial charge in [-0.05, 0) is 24.6 Å². The van der Waals surface area contributed by atoms with Gasteiger partial charge < -0.3 is 9.47 Å². The Balaban J connectivity index is 2.82. The van der Waals surface area contributed by atoms with Crippen LogP contribution >= 0.6 is 11.3 Å². The van der Waals surface area contributed by atoms with Crippen molar-refractivity contribution in [2.24, 2.45) is 0 Å². The third kappa shape index (κ3) is 1.46. The van der Waals surface area contributed by atoms with Crippen molar-refractivity contribution in [1.82, 2.24) is 0 Å². The summed E-state index contributed by atoms with van der Waals surface area (Å²) in [6.45, 7) is 1.94. The summed E-state index contributed by atoms with van der Waals surface area (Å²) < 4.78 is 11.5. The molecule has 0 amide bonds. The monoisotopic (exact) mass is 236 g/mol. The minimum atomic E-state index is 0.689. The molecule has 1 heterocycles. The topological polar surface area (TPSA) is 35.5 Å². The predicted molar refractivity (Wildman–Crippen MR) is 65.1 cm³/mol. The Kier molecular flexibility index (Phi) is 2.83. The van der Waals surface area contributed by atoms with Crippen LogP contribution in [0.1, 0.15) is 15.2 Å². The van der Waals surface area contributed by atoms with Crippen LogP contribution in [-0.2, 0) is 0 Å². The second kappa shape index (κ2) is 4.14. The zero-order chi connectivity index (χ0) is 11.7. The second-order valence-electron chi connectivity index (χ2n) is 3.39. The number of rotatable bonds is 3. The van der Waals surface area contributed by atoms with Crippen molar-refractivity contribution in [1.29, 1.82) is 0 Å². The van der Waals surface area contributed by atoms with Gasteiger partial charge in [-0.2, -0.15) is 0 Å². The molecule has 0 spiro atoms. The molecule has 4 heteroatoms. The molecule has 0 N–H and O–H groups in total. The van der Waals surface area contributed by atoms with Crippen LogP contribution in [0, 0.1) is 6.92 Å². The van der Waals surface area contributed by atoms with Gasteiger partial charge in [0.25, 0.3) is 0 Å². The van der Waals surface area contributed by atoms with E-state index in [-0.39, 0.29) is 0 Å². The van der Waals surface area contributed by atoms with Crippen molar-refractivity contribution in [2.45, 2.75) is 6.92 Å². The fraction of sp³-hybridized carbons (Fsp3) is 0.250. The summed E-state index contributed by atoms with van der Waals surface area (Å²) in [5.41, 5.74) is 0.996. The van der Waals surface area contributed by atoms with Crippen LogP contribution in [0.2, 0.25) is 0 Å². The first kappa shape index (κ1) is 11.0. The van der Waals surface area contributed by atoms with Crippen LogP contribution in [0.5, 0.6) is 11.5 Å². The lowest BCUT2D eigenvalue weighted by Crippen LogP contribution is -1.89. The lowest BCUT2D eigenvalue weighted by molar-refractivity contribution is 0.112. The molecule has 0 aliphatic carbocycles. The largest absolute Gasteiger partial charge is 0.493 e. The average molecular weight is 236 g/mol. The summed E-state index contributed by atoms with van der Waals surface area (Å²) in [5.74, 6) is 1.38. The molecular weight excluding hydrogens is 224 g/mol. The first-order valence-corrected chi connectivity index (χ1v) is 5.63. The van der Waals surface area contributed by atoms with E-state index in [0.29, 0.717) is 11.5 Å². The lowest BCUT2D eigenvalue weighted by atomic mass is 10.1. The minimum Gasteiger partial charge on any atom is -0.493 e. The molecule has 0 radical (unpaired) electrons. The molecule has 1 aromatic heterocycles. The van der Waals surface area contributed by atoms with Gasteiger partial charge in [-0.1, -0.05) is 0 Å². The number of benzene rings is 1. The van der Waals surface area contributed by atoms with Crippen LogP contribution in [-0.4, -0.2) is 20.5 Å². The Hall–Kier alpha value is -1.55. The molecule has 2 aromatic rings. The fourth-order valence-corrected chi connectivity index (χ4v) is 2.87. The van der Waals surface area contributed by atoms with E-state index in [1.807, 2.05) is 19.1 Å². The highest BCUT2D eigenvalue weighted by atomic mass is 32.1. The smallest absolute Gasteiger partial charge is 0.178 e. The van der Waals surface area contributed by atoms with Crippen LogP contribution in [0.4, 0.5) is 0 Å². The predicted octanol–water partition coefficient (Wildman–Crippen LogP) is 3.04. The van der Waals surface area contributed by atoms with Gasteiger partial charge in [0.2, 0.25) is 0 Å². The maximum absolute atomic E-state index is 10.9. The molecular formula is C12H12O3S. The van der Waals surface area contributed by atoms with Crippen molar-refractivity contribution < 1.29 is 14.3 Å². The minimum absolute atomic E-state index is 0.689. The summed E-state index contributed by atoms with van der Waals surface area (Å²) >= 11 is 1.43. The summed E-state index contributed by atoms with van der Waals surface area (Å²) in [4.78, 5) is 11.6. The Morgan fingerprint density at radius 3 is 2.56 bits per heavy atom. The van der Waals surface area contributed by atoms with Gasteiger partial charge in [0, 0.05) is 5.39 Å². The SMILES string of the molecule is COc1ccc2c(C)c(C=O)sc2c1OC.